The Balaban J connectivity index is 1.74. The monoisotopic (exact) mass is 393 g/mol. The van der Waals surface area contributed by atoms with Crippen LogP contribution in [0.2, 0.25) is 0 Å². The van der Waals surface area contributed by atoms with Crippen molar-refractivity contribution in [3.05, 3.63) is 36.0 Å². The number of anilines is 1. The molecule has 0 bridgehead atoms. The number of fused-ring (bicyclic) bond motifs is 1. The standard InChI is InChI=1S/C22H27N5O2/c1-5-23-22(28)16-11-17-20(18(12-16)29-4)26(3)21(25-17)15-8-9-19(24-13-15)27-10-6-7-14(27)2/h8-9,11-14H,5-7,10H2,1-4H3,(H,23,28)/t14-/m0/s1. The third-order valence-electron chi connectivity index (χ3n) is 5.61. The van der Waals surface area contributed by atoms with Crippen LogP contribution in [0.1, 0.15) is 37.0 Å². The molecular weight excluding hydrogens is 366 g/mol. The maximum atomic E-state index is 12.3. The minimum absolute atomic E-state index is 0.134. The van der Waals surface area contributed by atoms with Gasteiger partial charge in [-0.15, -0.1) is 0 Å². The number of imidazole rings is 1. The molecule has 1 saturated heterocycles. The van der Waals surface area contributed by atoms with Gasteiger partial charge in [-0.2, -0.15) is 0 Å². The van der Waals surface area contributed by atoms with E-state index in [9.17, 15) is 4.79 Å². The lowest BCUT2D eigenvalue weighted by molar-refractivity contribution is 0.0955. The summed E-state index contributed by atoms with van der Waals surface area (Å²) in [5.74, 6) is 2.29. The zero-order chi connectivity index (χ0) is 20.5. The predicted octanol–water partition coefficient (Wildman–Crippen LogP) is 3.38. The highest BCUT2D eigenvalue weighted by Gasteiger charge is 2.22. The summed E-state index contributed by atoms with van der Waals surface area (Å²) in [5, 5.41) is 2.82. The third-order valence-corrected chi connectivity index (χ3v) is 5.61. The highest BCUT2D eigenvalue weighted by Crippen LogP contribution is 2.32. The van der Waals surface area contributed by atoms with E-state index in [0.29, 0.717) is 23.9 Å². The Kier molecular flexibility index (Phi) is 5.13. The van der Waals surface area contributed by atoms with Gasteiger partial charge < -0.3 is 19.5 Å². The number of benzene rings is 1. The van der Waals surface area contributed by atoms with Gasteiger partial charge in [-0.05, 0) is 51.0 Å². The largest absolute Gasteiger partial charge is 0.494 e. The molecule has 1 N–H and O–H groups in total. The van der Waals surface area contributed by atoms with Gasteiger partial charge in [0.2, 0.25) is 0 Å². The predicted molar refractivity (Wildman–Crippen MR) is 115 cm³/mol. The summed E-state index contributed by atoms with van der Waals surface area (Å²) < 4.78 is 7.55. The van der Waals surface area contributed by atoms with Gasteiger partial charge >= 0.3 is 0 Å². The van der Waals surface area contributed by atoms with Crippen LogP contribution in [-0.2, 0) is 7.05 Å². The number of carbonyl (C=O) groups excluding carboxylic acids is 1. The average Bonchev–Trinajstić information content (AvgIpc) is 3.31. The number of amides is 1. The second-order valence-electron chi connectivity index (χ2n) is 7.49. The zero-order valence-electron chi connectivity index (χ0n) is 17.4. The first-order valence-electron chi connectivity index (χ1n) is 10.1. The average molecular weight is 393 g/mol. The van der Waals surface area contributed by atoms with Crippen molar-refractivity contribution in [3.63, 3.8) is 0 Å². The molecule has 0 radical (unpaired) electrons. The second-order valence-corrected chi connectivity index (χ2v) is 7.49. The van der Waals surface area contributed by atoms with Crippen LogP contribution in [-0.4, -0.2) is 46.7 Å². The van der Waals surface area contributed by atoms with Crippen LogP contribution in [0.5, 0.6) is 5.75 Å². The quantitative estimate of drug-likeness (QED) is 0.719. The van der Waals surface area contributed by atoms with Crippen LogP contribution >= 0.6 is 0 Å². The van der Waals surface area contributed by atoms with Crippen molar-refractivity contribution in [2.24, 2.45) is 7.05 Å². The van der Waals surface area contributed by atoms with Gasteiger partial charge in [-0.25, -0.2) is 9.97 Å². The van der Waals surface area contributed by atoms with Crippen molar-refractivity contribution in [2.75, 3.05) is 25.1 Å². The van der Waals surface area contributed by atoms with Crippen molar-refractivity contribution >= 4 is 22.8 Å². The van der Waals surface area contributed by atoms with E-state index in [0.717, 1.165) is 34.8 Å². The summed E-state index contributed by atoms with van der Waals surface area (Å²) in [6, 6.07) is 8.22. The molecule has 1 aromatic carbocycles. The molecule has 152 valence electrons. The molecule has 1 amide bonds. The zero-order valence-corrected chi connectivity index (χ0v) is 17.4. The minimum Gasteiger partial charge on any atom is -0.494 e. The molecule has 7 heteroatoms. The van der Waals surface area contributed by atoms with E-state index in [1.165, 1.54) is 12.8 Å². The maximum absolute atomic E-state index is 12.3. The fraction of sp³-hybridized carbons (Fsp3) is 0.409. The molecule has 1 aliphatic rings. The molecule has 29 heavy (non-hydrogen) atoms. The van der Waals surface area contributed by atoms with Crippen LogP contribution in [0.4, 0.5) is 5.82 Å². The number of nitrogens with one attached hydrogen (secondary N) is 1. The lowest BCUT2D eigenvalue weighted by atomic mass is 10.1. The molecule has 4 rings (SSSR count). The highest BCUT2D eigenvalue weighted by molar-refractivity contribution is 5.99. The molecule has 3 aromatic rings. The number of methoxy groups -OCH3 is 1. The van der Waals surface area contributed by atoms with E-state index in [4.69, 9.17) is 9.72 Å². The number of carbonyl (C=O) groups is 1. The summed E-state index contributed by atoms with van der Waals surface area (Å²) >= 11 is 0. The Morgan fingerprint density at radius 1 is 1.34 bits per heavy atom. The van der Waals surface area contributed by atoms with E-state index < -0.39 is 0 Å². The molecule has 2 aromatic heterocycles. The molecule has 1 fully saturated rings. The van der Waals surface area contributed by atoms with Crippen LogP contribution in [0.3, 0.4) is 0 Å². The van der Waals surface area contributed by atoms with E-state index in [1.54, 1.807) is 19.2 Å². The Bertz CT molecular complexity index is 1040. The third kappa shape index (κ3) is 3.41. The lowest BCUT2D eigenvalue weighted by Crippen LogP contribution is -2.26. The Labute approximate surface area is 170 Å². The molecule has 0 spiro atoms. The van der Waals surface area contributed by atoms with E-state index in [1.807, 2.05) is 24.7 Å². The van der Waals surface area contributed by atoms with E-state index >= 15 is 0 Å². The van der Waals surface area contributed by atoms with Crippen molar-refractivity contribution in [2.45, 2.75) is 32.7 Å². The SMILES string of the molecule is CCNC(=O)c1cc(OC)c2c(c1)nc(-c1ccc(N3CCC[C@@H]3C)nc1)n2C. The highest BCUT2D eigenvalue weighted by atomic mass is 16.5. The molecule has 0 unspecified atom stereocenters. The van der Waals surface area contributed by atoms with Crippen molar-refractivity contribution in [3.8, 4) is 17.1 Å². The number of ether oxygens (including phenoxy) is 1. The van der Waals surface area contributed by atoms with Gasteiger partial charge in [-0.1, -0.05) is 0 Å². The summed E-state index contributed by atoms with van der Waals surface area (Å²) in [5.41, 5.74) is 3.05. The number of aromatic nitrogens is 3. The Morgan fingerprint density at radius 3 is 2.79 bits per heavy atom. The van der Waals surface area contributed by atoms with Gasteiger partial charge in [0.25, 0.3) is 5.91 Å². The fourth-order valence-corrected chi connectivity index (χ4v) is 4.08. The molecule has 0 saturated carbocycles. The maximum Gasteiger partial charge on any atom is 0.251 e. The summed E-state index contributed by atoms with van der Waals surface area (Å²) in [7, 11) is 3.56. The summed E-state index contributed by atoms with van der Waals surface area (Å²) in [6.45, 7) is 5.76. The van der Waals surface area contributed by atoms with Crippen molar-refractivity contribution in [1.29, 1.82) is 0 Å². The van der Waals surface area contributed by atoms with Crippen LogP contribution < -0.4 is 15.0 Å². The van der Waals surface area contributed by atoms with Gasteiger partial charge in [0.15, 0.2) is 0 Å². The lowest BCUT2D eigenvalue weighted by Gasteiger charge is -2.22. The Morgan fingerprint density at radius 2 is 2.17 bits per heavy atom. The smallest absolute Gasteiger partial charge is 0.251 e. The summed E-state index contributed by atoms with van der Waals surface area (Å²) in [4.78, 5) is 24.1. The molecular formula is C22H27N5O2. The molecule has 1 aliphatic heterocycles. The first-order chi connectivity index (χ1) is 14.0. The van der Waals surface area contributed by atoms with Crippen molar-refractivity contribution < 1.29 is 9.53 Å². The Hall–Kier alpha value is -3.09. The van der Waals surface area contributed by atoms with Gasteiger partial charge in [0.1, 0.15) is 22.9 Å². The number of nitrogens with zero attached hydrogens (tertiary/aromatic N) is 4. The number of hydrogen-bond donors (Lipinski definition) is 1. The van der Waals surface area contributed by atoms with E-state index in [-0.39, 0.29) is 5.91 Å². The minimum atomic E-state index is -0.134. The molecule has 0 aliphatic carbocycles. The van der Waals surface area contributed by atoms with Crippen molar-refractivity contribution in [1.82, 2.24) is 19.9 Å². The number of hydrogen-bond acceptors (Lipinski definition) is 5. The first kappa shape index (κ1) is 19.2. The normalized spacial score (nSPS) is 16.4. The van der Waals surface area contributed by atoms with Gasteiger partial charge in [-0.3, -0.25) is 4.79 Å². The molecule has 1 atom stereocenters. The molecule has 3 heterocycles. The fourth-order valence-electron chi connectivity index (χ4n) is 4.08. The number of aryl methyl sites for hydroxylation is 1. The van der Waals surface area contributed by atoms with Gasteiger partial charge in [0.05, 0.1) is 12.6 Å². The first-order valence-corrected chi connectivity index (χ1v) is 10.1. The number of rotatable bonds is 5. The van der Waals surface area contributed by atoms with Crippen LogP contribution in [0.25, 0.3) is 22.4 Å². The van der Waals surface area contributed by atoms with E-state index in [2.05, 4.69) is 34.3 Å². The second kappa shape index (κ2) is 7.73. The molecule has 7 nitrogen and oxygen atoms in total. The number of pyridine rings is 1. The van der Waals surface area contributed by atoms with Crippen LogP contribution in [0, 0.1) is 0 Å². The summed E-state index contributed by atoms with van der Waals surface area (Å²) in [6.07, 6.45) is 4.30. The van der Waals surface area contributed by atoms with Gasteiger partial charge in [0, 0.05) is 43.5 Å². The van der Waals surface area contributed by atoms with Crippen LogP contribution in [0.15, 0.2) is 30.5 Å². The topological polar surface area (TPSA) is 72.3 Å².